The molecule has 2 amide bonds. The molecule has 1 atom stereocenters. The molecule has 9 heteroatoms. The molecule has 1 aromatic heterocycles. The van der Waals surface area contributed by atoms with Crippen molar-refractivity contribution in [2.45, 2.75) is 70.5 Å². The molecule has 35 heavy (non-hydrogen) atoms. The molecule has 1 aliphatic heterocycles. The van der Waals surface area contributed by atoms with Crippen LogP contribution < -0.4 is 10.1 Å². The molecule has 0 bridgehead atoms. The Morgan fingerprint density at radius 1 is 1.17 bits per heavy atom. The second kappa shape index (κ2) is 10.5. The highest BCUT2D eigenvalue weighted by Gasteiger charge is 2.48. The Morgan fingerprint density at radius 3 is 2.54 bits per heavy atom. The molecule has 0 saturated heterocycles. The maximum atomic E-state index is 13.6. The van der Waals surface area contributed by atoms with Crippen LogP contribution in [0.1, 0.15) is 72.5 Å². The Morgan fingerprint density at radius 2 is 1.89 bits per heavy atom. The Balaban J connectivity index is 1.60. The molecule has 9 nitrogen and oxygen atoms in total. The molecule has 1 aliphatic carbocycles. The zero-order valence-corrected chi connectivity index (χ0v) is 20.7. The quantitative estimate of drug-likeness (QED) is 0.581. The van der Waals surface area contributed by atoms with E-state index in [1.807, 2.05) is 31.2 Å². The fourth-order valence-electron chi connectivity index (χ4n) is 4.94. The first kappa shape index (κ1) is 24.8. The van der Waals surface area contributed by atoms with Gasteiger partial charge in [-0.15, -0.1) is 0 Å². The molecule has 0 radical (unpaired) electrons. The molecule has 0 unspecified atom stereocenters. The van der Waals surface area contributed by atoms with Gasteiger partial charge in [-0.05, 0) is 50.8 Å². The molecule has 188 valence electrons. The van der Waals surface area contributed by atoms with E-state index >= 15 is 0 Å². The first-order valence-corrected chi connectivity index (χ1v) is 12.4. The predicted octanol–water partition coefficient (Wildman–Crippen LogP) is 2.97. The van der Waals surface area contributed by atoms with Crippen molar-refractivity contribution in [3.63, 3.8) is 0 Å². The summed E-state index contributed by atoms with van der Waals surface area (Å²) in [6.45, 7) is 4.82. The topological polar surface area (TPSA) is 103 Å². The molecule has 1 aromatic carbocycles. The summed E-state index contributed by atoms with van der Waals surface area (Å²) >= 11 is 0. The number of methoxy groups -OCH3 is 1. The van der Waals surface area contributed by atoms with E-state index in [2.05, 4.69) is 10.4 Å². The number of esters is 1. The van der Waals surface area contributed by atoms with Crippen molar-refractivity contribution in [2.75, 3.05) is 20.3 Å². The van der Waals surface area contributed by atoms with Crippen molar-refractivity contribution in [2.24, 2.45) is 0 Å². The minimum atomic E-state index is -1.15. The smallest absolute Gasteiger partial charge is 0.358 e. The number of hydrogen-bond acceptors (Lipinski definition) is 6. The van der Waals surface area contributed by atoms with Gasteiger partial charge in [-0.1, -0.05) is 31.4 Å². The Hall–Kier alpha value is -3.36. The fourth-order valence-corrected chi connectivity index (χ4v) is 4.94. The van der Waals surface area contributed by atoms with Gasteiger partial charge in [0.1, 0.15) is 17.0 Å². The zero-order chi connectivity index (χ0) is 25.0. The third-order valence-electron chi connectivity index (χ3n) is 6.98. The summed E-state index contributed by atoms with van der Waals surface area (Å²) in [7, 11) is 1.27. The van der Waals surface area contributed by atoms with Gasteiger partial charge in [0.25, 0.3) is 5.91 Å². The monoisotopic (exact) mass is 482 g/mol. The number of fused-ring (bicyclic) bond motifs is 1. The van der Waals surface area contributed by atoms with Crippen LogP contribution in [0, 0.1) is 0 Å². The number of rotatable bonds is 8. The summed E-state index contributed by atoms with van der Waals surface area (Å²) < 4.78 is 11.8. The van der Waals surface area contributed by atoms with E-state index in [0.717, 1.165) is 37.0 Å². The van der Waals surface area contributed by atoms with Crippen molar-refractivity contribution >= 4 is 17.8 Å². The standard InChI is InChI=1S/C26H34N4O5/c1-4-35-20-12-10-18(11-13-20)14-15-29-23(31)22-16-21(24(32)34-3)28-30(22)17-26(29,2)25(33)27-19-8-6-5-7-9-19/h10-13,16,19H,4-9,14-15,17H2,1-3H3,(H,27,33)/t26-/m1/s1. The van der Waals surface area contributed by atoms with Gasteiger partial charge in [0.15, 0.2) is 5.69 Å². The van der Waals surface area contributed by atoms with E-state index in [1.165, 1.54) is 24.3 Å². The van der Waals surface area contributed by atoms with Gasteiger partial charge in [-0.3, -0.25) is 14.3 Å². The fraction of sp³-hybridized carbons (Fsp3) is 0.538. The maximum Gasteiger partial charge on any atom is 0.358 e. The Bertz CT molecular complexity index is 1070. The molecule has 1 fully saturated rings. The van der Waals surface area contributed by atoms with Crippen molar-refractivity contribution in [1.82, 2.24) is 20.0 Å². The second-order valence-electron chi connectivity index (χ2n) is 9.43. The number of aromatic nitrogens is 2. The average Bonchev–Trinajstić information content (AvgIpc) is 3.29. The van der Waals surface area contributed by atoms with Crippen molar-refractivity contribution < 1.29 is 23.9 Å². The molecule has 0 spiro atoms. The Labute approximate surface area is 205 Å². The number of carbonyl (C=O) groups excluding carboxylic acids is 3. The highest BCUT2D eigenvalue weighted by atomic mass is 16.5. The average molecular weight is 483 g/mol. The number of ether oxygens (including phenoxy) is 2. The minimum absolute atomic E-state index is 0.0549. The van der Waals surface area contributed by atoms with Gasteiger partial charge in [0.2, 0.25) is 5.91 Å². The zero-order valence-electron chi connectivity index (χ0n) is 20.7. The van der Waals surface area contributed by atoms with Crippen LogP contribution in [0.5, 0.6) is 5.75 Å². The van der Waals surface area contributed by atoms with Crippen LogP contribution in [-0.2, 0) is 22.5 Å². The molecular formula is C26H34N4O5. The van der Waals surface area contributed by atoms with Crippen LogP contribution in [0.2, 0.25) is 0 Å². The van der Waals surface area contributed by atoms with E-state index in [0.29, 0.717) is 19.6 Å². The van der Waals surface area contributed by atoms with Gasteiger partial charge >= 0.3 is 5.97 Å². The van der Waals surface area contributed by atoms with Crippen molar-refractivity contribution in [1.29, 1.82) is 0 Å². The summed E-state index contributed by atoms with van der Waals surface area (Å²) in [4.78, 5) is 40.9. The molecular weight excluding hydrogens is 448 g/mol. The SMILES string of the molecule is CCOc1ccc(CCN2C(=O)c3cc(C(=O)OC)nn3C[C@]2(C)C(=O)NC2CCCCC2)cc1. The van der Waals surface area contributed by atoms with Crippen LogP contribution in [-0.4, -0.2) is 64.3 Å². The highest BCUT2D eigenvalue weighted by Crippen LogP contribution is 2.29. The molecule has 1 saturated carbocycles. The molecule has 2 aromatic rings. The summed E-state index contributed by atoms with van der Waals surface area (Å²) in [6.07, 6.45) is 5.83. The lowest BCUT2D eigenvalue weighted by molar-refractivity contribution is -0.134. The van der Waals surface area contributed by atoms with E-state index < -0.39 is 11.5 Å². The number of carbonyl (C=O) groups is 3. The largest absolute Gasteiger partial charge is 0.494 e. The van der Waals surface area contributed by atoms with Crippen LogP contribution in [0.25, 0.3) is 0 Å². The summed E-state index contributed by atoms with van der Waals surface area (Å²) in [5.41, 5.74) is 0.219. The number of hydrogen-bond donors (Lipinski definition) is 1. The molecule has 2 aliphatic rings. The van der Waals surface area contributed by atoms with Crippen LogP contribution >= 0.6 is 0 Å². The number of benzene rings is 1. The second-order valence-corrected chi connectivity index (χ2v) is 9.43. The van der Waals surface area contributed by atoms with Gasteiger partial charge in [0, 0.05) is 18.7 Å². The summed E-state index contributed by atoms with van der Waals surface area (Å²) in [6, 6.07) is 9.31. The first-order valence-electron chi connectivity index (χ1n) is 12.4. The Kier molecular flexibility index (Phi) is 7.42. The number of nitrogens with one attached hydrogen (secondary N) is 1. The van der Waals surface area contributed by atoms with E-state index in [1.54, 1.807) is 11.8 Å². The minimum Gasteiger partial charge on any atom is -0.494 e. The molecule has 2 heterocycles. The lowest BCUT2D eigenvalue weighted by atomic mass is 9.91. The van der Waals surface area contributed by atoms with Gasteiger partial charge in [-0.25, -0.2) is 4.79 Å². The number of nitrogens with zero attached hydrogens (tertiary/aromatic N) is 3. The van der Waals surface area contributed by atoms with E-state index in [4.69, 9.17) is 9.47 Å². The maximum absolute atomic E-state index is 13.6. The van der Waals surface area contributed by atoms with E-state index in [-0.39, 0.29) is 35.8 Å². The normalized spacial score (nSPS) is 20.3. The number of amides is 2. The van der Waals surface area contributed by atoms with Crippen molar-refractivity contribution in [3.05, 3.63) is 47.3 Å². The molecule has 1 N–H and O–H groups in total. The first-order chi connectivity index (χ1) is 16.9. The third kappa shape index (κ3) is 5.18. The van der Waals surface area contributed by atoms with Gasteiger partial charge in [-0.2, -0.15) is 5.10 Å². The molecule has 4 rings (SSSR count). The lowest BCUT2D eigenvalue weighted by Gasteiger charge is -2.44. The summed E-state index contributed by atoms with van der Waals surface area (Å²) in [5, 5.41) is 7.47. The third-order valence-corrected chi connectivity index (χ3v) is 6.98. The van der Waals surface area contributed by atoms with E-state index in [9.17, 15) is 14.4 Å². The van der Waals surface area contributed by atoms with Crippen molar-refractivity contribution in [3.8, 4) is 5.75 Å². The predicted molar refractivity (Wildman–Crippen MR) is 129 cm³/mol. The summed E-state index contributed by atoms with van der Waals surface area (Å²) in [5.74, 6) is -0.341. The van der Waals surface area contributed by atoms with Crippen LogP contribution in [0.3, 0.4) is 0 Å². The highest BCUT2D eigenvalue weighted by molar-refractivity contribution is 6.01. The van der Waals surface area contributed by atoms with Gasteiger partial charge in [0.05, 0.1) is 20.3 Å². The van der Waals surface area contributed by atoms with Gasteiger partial charge < -0.3 is 19.7 Å². The lowest BCUT2D eigenvalue weighted by Crippen LogP contribution is -2.65. The van der Waals surface area contributed by atoms with Crippen LogP contribution in [0.4, 0.5) is 0 Å². The van der Waals surface area contributed by atoms with Crippen LogP contribution in [0.15, 0.2) is 30.3 Å².